The summed E-state index contributed by atoms with van der Waals surface area (Å²) >= 11 is 0. The molecule has 0 unspecified atom stereocenters. The molecule has 2 aromatic carbocycles. The highest BCUT2D eigenvalue weighted by Crippen LogP contribution is 2.24. The van der Waals surface area contributed by atoms with Crippen molar-refractivity contribution in [3.05, 3.63) is 96.1 Å². The van der Waals surface area contributed by atoms with E-state index in [1.807, 2.05) is 60.7 Å². The summed E-state index contributed by atoms with van der Waals surface area (Å²) < 4.78 is 0. The number of carbonyl (C=O) groups is 2. The van der Waals surface area contributed by atoms with E-state index in [2.05, 4.69) is 20.8 Å². The Morgan fingerprint density at radius 1 is 0.800 bits per heavy atom. The molecule has 0 bridgehead atoms. The van der Waals surface area contributed by atoms with Gasteiger partial charge in [0.2, 0.25) is 5.91 Å². The number of hydrazine groups is 1. The highest BCUT2D eigenvalue weighted by Gasteiger charge is 2.23. The largest absolute Gasteiger partial charge is 0.289 e. The molecular weight excluding hydrogens is 316 g/mol. The quantitative estimate of drug-likeness (QED) is 0.717. The van der Waals surface area contributed by atoms with Gasteiger partial charge in [-0.25, -0.2) is 4.98 Å². The molecule has 124 valence electrons. The van der Waals surface area contributed by atoms with E-state index in [9.17, 15) is 9.59 Å². The maximum atomic E-state index is 12.7. The molecule has 0 saturated heterocycles. The number of nitrogens with zero attached hydrogens (tertiary/aromatic N) is 2. The van der Waals surface area contributed by atoms with Crippen LogP contribution in [0, 0.1) is 0 Å². The molecule has 0 radical (unpaired) electrons. The van der Waals surface area contributed by atoms with Gasteiger partial charge in [0.1, 0.15) is 5.69 Å². The second-order valence-electron chi connectivity index (χ2n) is 5.29. The van der Waals surface area contributed by atoms with Gasteiger partial charge in [-0.15, -0.1) is 0 Å². The number of hydrogen-bond acceptors (Lipinski definition) is 4. The monoisotopic (exact) mass is 332 g/mol. The molecule has 6 nitrogen and oxygen atoms in total. The fourth-order valence-corrected chi connectivity index (χ4v) is 2.46. The Morgan fingerprint density at radius 3 is 1.92 bits per heavy atom. The molecule has 25 heavy (non-hydrogen) atoms. The first-order valence-electron chi connectivity index (χ1n) is 7.72. The Morgan fingerprint density at radius 2 is 1.40 bits per heavy atom. The van der Waals surface area contributed by atoms with Gasteiger partial charge in [-0.3, -0.25) is 25.4 Å². The van der Waals surface area contributed by atoms with Gasteiger partial charge >= 0.3 is 0 Å². The van der Waals surface area contributed by atoms with Crippen molar-refractivity contribution in [1.29, 1.82) is 0 Å². The second kappa shape index (κ2) is 7.83. The topological polar surface area (TPSA) is 84.0 Å². The number of nitrogens with one attached hydrogen (secondary N) is 2. The van der Waals surface area contributed by atoms with E-state index in [-0.39, 0.29) is 11.6 Å². The molecule has 0 aliphatic carbocycles. The standard InChI is InChI=1S/C19H16N4O2/c24-18(16-13-20-11-12-21-16)22-23-19(25)17(14-7-3-1-4-8-14)15-9-5-2-6-10-15/h1-13,17H,(H,22,24)(H,23,25). The lowest BCUT2D eigenvalue weighted by molar-refractivity contribution is -0.122. The van der Waals surface area contributed by atoms with Crippen molar-refractivity contribution < 1.29 is 9.59 Å². The summed E-state index contributed by atoms with van der Waals surface area (Å²) in [5, 5.41) is 0. The fourth-order valence-electron chi connectivity index (χ4n) is 2.46. The van der Waals surface area contributed by atoms with E-state index in [0.29, 0.717) is 0 Å². The first-order valence-corrected chi connectivity index (χ1v) is 7.72. The average molecular weight is 332 g/mol. The highest BCUT2D eigenvalue weighted by atomic mass is 16.2. The molecule has 1 heterocycles. The summed E-state index contributed by atoms with van der Waals surface area (Å²) in [4.78, 5) is 32.5. The first kappa shape index (κ1) is 16.3. The van der Waals surface area contributed by atoms with Gasteiger partial charge in [-0.1, -0.05) is 60.7 Å². The van der Waals surface area contributed by atoms with Crippen molar-refractivity contribution in [3.8, 4) is 0 Å². The lowest BCUT2D eigenvalue weighted by Gasteiger charge is -2.18. The van der Waals surface area contributed by atoms with E-state index in [4.69, 9.17) is 0 Å². The third-order valence-electron chi connectivity index (χ3n) is 3.62. The van der Waals surface area contributed by atoms with Crippen LogP contribution in [0.2, 0.25) is 0 Å². The summed E-state index contributed by atoms with van der Waals surface area (Å²) in [6.07, 6.45) is 4.21. The van der Waals surface area contributed by atoms with Crippen LogP contribution in [-0.2, 0) is 4.79 Å². The Kier molecular flexibility index (Phi) is 5.11. The molecule has 1 aromatic heterocycles. The van der Waals surface area contributed by atoms with Crippen molar-refractivity contribution in [1.82, 2.24) is 20.8 Å². The predicted octanol–water partition coefficient (Wildman–Crippen LogP) is 2.07. The molecule has 3 rings (SSSR count). The van der Waals surface area contributed by atoms with Crippen LogP contribution in [0.5, 0.6) is 0 Å². The van der Waals surface area contributed by atoms with Crippen molar-refractivity contribution in [2.75, 3.05) is 0 Å². The zero-order valence-corrected chi connectivity index (χ0v) is 13.3. The van der Waals surface area contributed by atoms with Gasteiger partial charge in [-0.2, -0.15) is 0 Å². The number of rotatable bonds is 4. The number of benzene rings is 2. The van der Waals surface area contributed by atoms with Crippen molar-refractivity contribution in [3.63, 3.8) is 0 Å². The third-order valence-corrected chi connectivity index (χ3v) is 3.62. The molecule has 0 spiro atoms. The average Bonchev–Trinajstić information content (AvgIpc) is 2.69. The fraction of sp³-hybridized carbons (Fsp3) is 0.0526. The maximum Gasteiger partial charge on any atom is 0.289 e. The van der Waals surface area contributed by atoms with Gasteiger partial charge in [0.05, 0.1) is 12.1 Å². The highest BCUT2D eigenvalue weighted by molar-refractivity contribution is 5.95. The van der Waals surface area contributed by atoms with Crippen LogP contribution < -0.4 is 10.9 Å². The molecule has 0 fully saturated rings. The van der Waals surface area contributed by atoms with Crippen LogP contribution in [0.3, 0.4) is 0 Å². The normalized spacial score (nSPS) is 10.3. The molecule has 0 atom stereocenters. The van der Waals surface area contributed by atoms with Crippen LogP contribution >= 0.6 is 0 Å². The second-order valence-corrected chi connectivity index (χ2v) is 5.29. The van der Waals surface area contributed by atoms with Gasteiger partial charge in [0, 0.05) is 12.4 Å². The van der Waals surface area contributed by atoms with Crippen molar-refractivity contribution in [2.24, 2.45) is 0 Å². The molecule has 2 N–H and O–H groups in total. The molecule has 0 aliphatic heterocycles. The minimum Gasteiger partial charge on any atom is -0.272 e. The minimum atomic E-state index is -0.537. The van der Waals surface area contributed by atoms with E-state index in [1.165, 1.54) is 18.6 Å². The van der Waals surface area contributed by atoms with E-state index in [1.54, 1.807) is 0 Å². The van der Waals surface area contributed by atoms with Crippen LogP contribution in [0.4, 0.5) is 0 Å². The Hall–Kier alpha value is -3.54. The zero-order valence-electron chi connectivity index (χ0n) is 13.3. The van der Waals surface area contributed by atoms with Gasteiger partial charge in [0.15, 0.2) is 0 Å². The lowest BCUT2D eigenvalue weighted by atomic mass is 9.91. The Labute approximate surface area is 144 Å². The molecule has 6 heteroatoms. The number of hydrogen-bond donors (Lipinski definition) is 2. The van der Waals surface area contributed by atoms with E-state index >= 15 is 0 Å². The Balaban J connectivity index is 1.77. The summed E-state index contributed by atoms with van der Waals surface area (Å²) in [5.41, 5.74) is 6.64. The number of amides is 2. The first-order chi connectivity index (χ1) is 12.3. The Bertz CT molecular complexity index is 800. The minimum absolute atomic E-state index is 0.124. The van der Waals surface area contributed by atoms with Gasteiger partial charge < -0.3 is 0 Å². The zero-order chi connectivity index (χ0) is 17.5. The van der Waals surface area contributed by atoms with Gasteiger partial charge in [-0.05, 0) is 11.1 Å². The van der Waals surface area contributed by atoms with Gasteiger partial charge in [0.25, 0.3) is 5.91 Å². The van der Waals surface area contributed by atoms with Crippen molar-refractivity contribution in [2.45, 2.75) is 5.92 Å². The van der Waals surface area contributed by atoms with Crippen LogP contribution in [0.1, 0.15) is 27.5 Å². The molecule has 0 aliphatic rings. The molecule has 3 aromatic rings. The van der Waals surface area contributed by atoms with Crippen molar-refractivity contribution >= 4 is 11.8 Å². The molecule has 0 saturated carbocycles. The van der Waals surface area contributed by atoms with Crippen LogP contribution in [0.25, 0.3) is 0 Å². The van der Waals surface area contributed by atoms with Crippen LogP contribution in [0.15, 0.2) is 79.3 Å². The predicted molar refractivity (Wildman–Crippen MR) is 92.4 cm³/mol. The summed E-state index contributed by atoms with van der Waals surface area (Å²) in [6, 6.07) is 18.8. The number of aromatic nitrogens is 2. The summed E-state index contributed by atoms with van der Waals surface area (Å²) in [5.74, 6) is -1.40. The smallest absolute Gasteiger partial charge is 0.272 e. The lowest BCUT2D eigenvalue weighted by Crippen LogP contribution is -2.44. The van der Waals surface area contributed by atoms with Crippen LogP contribution in [-0.4, -0.2) is 21.8 Å². The van der Waals surface area contributed by atoms with E-state index < -0.39 is 11.8 Å². The summed E-state index contributed by atoms with van der Waals surface area (Å²) in [7, 11) is 0. The van der Waals surface area contributed by atoms with E-state index in [0.717, 1.165) is 11.1 Å². The third kappa shape index (κ3) is 4.06. The molecule has 2 amide bonds. The number of carbonyl (C=O) groups excluding carboxylic acids is 2. The maximum absolute atomic E-state index is 12.7. The summed E-state index contributed by atoms with van der Waals surface area (Å²) in [6.45, 7) is 0. The molecular formula is C19H16N4O2. The SMILES string of the molecule is O=C(NNC(=O)C(c1ccccc1)c1ccccc1)c1cnccn1.